The van der Waals surface area contributed by atoms with Crippen LogP contribution in [0.5, 0.6) is 11.5 Å². The Kier molecular flexibility index (Phi) is 12.9. The van der Waals surface area contributed by atoms with E-state index in [1.54, 1.807) is 19.1 Å². The van der Waals surface area contributed by atoms with E-state index < -0.39 is 42.9 Å². The highest BCUT2D eigenvalue weighted by atomic mass is 32.2. The first-order valence-corrected chi connectivity index (χ1v) is 25.4. The van der Waals surface area contributed by atoms with Crippen molar-refractivity contribution in [3.63, 3.8) is 0 Å². The first-order valence-electron chi connectivity index (χ1n) is 23.9. The van der Waals surface area contributed by atoms with Crippen LogP contribution in [-0.4, -0.2) is 83.6 Å². The molecule has 68 heavy (non-hydrogen) atoms. The number of amides is 1. The molecular formula is C52H62FN7O7S. The van der Waals surface area contributed by atoms with Gasteiger partial charge in [-0.3, -0.25) is 19.8 Å². The number of nitro groups is 1. The molecule has 4 heterocycles. The zero-order valence-electron chi connectivity index (χ0n) is 39.3. The molecule has 1 spiro atoms. The van der Waals surface area contributed by atoms with E-state index in [0.717, 1.165) is 63.6 Å². The maximum absolute atomic E-state index is 14.8. The number of hydrogen-bond acceptors (Lipinski definition) is 11. The summed E-state index contributed by atoms with van der Waals surface area (Å²) in [4.78, 5) is 37.4. The Hall–Kier alpha value is -5.84. The number of aromatic amines is 1. The molecule has 2 aliphatic carbocycles. The van der Waals surface area contributed by atoms with Crippen molar-refractivity contribution in [3.8, 4) is 11.5 Å². The Morgan fingerprint density at radius 3 is 2.49 bits per heavy atom. The Bertz CT molecular complexity index is 2840. The largest absolute Gasteiger partial charge is 0.454 e. The zero-order chi connectivity index (χ0) is 48.1. The molecule has 3 aromatic carbocycles. The second kappa shape index (κ2) is 18.6. The molecule has 4 fully saturated rings. The van der Waals surface area contributed by atoms with E-state index in [-0.39, 0.29) is 50.8 Å². The molecule has 0 bridgehead atoms. The van der Waals surface area contributed by atoms with Gasteiger partial charge in [0, 0.05) is 62.8 Å². The van der Waals surface area contributed by atoms with Crippen LogP contribution in [0.15, 0.2) is 84.4 Å². The van der Waals surface area contributed by atoms with Crippen molar-refractivity contribution in [1.82, 2.24) is 19.6 Å². The number of halogens is 1. The van der Waals surface area contributed by atoms with Crippen LogP contribution >= 0.6 is 0 Å². The van der Waals surface area contributed by atoms with Crippen LogP contribution in [0, 0.1) is 33.2 Å². The van der Waals surface area contributed by atoms with Crippen molar-refractivity contribution in [2.24, 2.45) is 17.3 Å². The van der Waals surface area contributed by atoms with Gasteiger partial charge in [-0.2, -0.15) is 0 Å². The number of likely N-dealkylation sites (tertiary alicyclic amines) is 1. The fourth-order valence-corrected chi connectivity index (χ4v) is 12.4. The summed E-state index contributed by atoms with van der Waals surface area (Å²) in [6, 6.07) is 19.3. The Morgan fingerprint density at radius 2 is 1.78 bits per heavy atom. The van der Waals surface area contributed by atoms with Crippen LogP contribution in [0.25, 0.3) is 17.1 Å². The van der Waals surface area contributed by atoms with Gasteiger partial charge < -0.3 is 25.0 Å². The molecule has 2 aliphatic heterocycles. The number of aromatic nitrogens is 2. The second-order valence-corrected chi connectivity index (χ2v) is 22.1. The molecule has 4 N–H and O–H groups in total. The van der Waals surface area contributed by atoms with Crippen LogP contribution in [-0.2, 0) is 10.0 Å². The Balaban J connectivity index is 0.933. The molecule has 3 atom stereocenters. The van der Waals surface area contributed by atoms with Gasteiger partial charge >= 0.3 is 0 Å². The number of hydrogen-bond donors (Lipinski definition) is 4. The molecule has 2 saturated heterocycles. The third-order valence-electron chi connectivity index (χ3n) is 15.3. The van der Waals surface area contributed by atoms with E-state index >= 15 is 0 Å². The minimum atomic E-state index is -4.65. The van der Waals surface area contributed by atoms with E-state index in [9.17, 15) is 32.8 Å². The molecule has 1 amide bonds. The predicted molar refractivity (Wildman–Crippen MR) is 262 cm³/mol. The van der Waals surface area contributed by atoms with Gasteiger partial charge in [0.05, 0.1) is 26.4 Å². The van der Waals surface area contributed by atoms with Gasteiger partial charge in [0.2, 0.25) is 0 Å². The van der Waals surface area contributed by atoms with Crippen LogP contribution in [0.4, 0.5) is 21.5 Å². The number of fused-ring (bicyclic) bond motifs is 1. The number of ether oxygens (including phenoxy) is 1. The van der Waals surface area contributed by atoms with Crippen molar-refractivity contribution in [2.75, 3.05) is 42.9 Å². The molecule has 0 radical (unpaired) electrons. The minimum Gasteiger partial charge on any atom is -0.454 e. The van der Waals surface area contributed by atoms with Gasteiger partial charge in [-0.05, 0) is 135 Å². The van der Waals surface area contributed by atoms with Crippen molar-refractivity contribution in [1.29, 1.82) is 0 Å². The number of rotatable bonds is 14. The summed E-state index contributed by atoms with van der Waals surface area (Å²) in [5.74, 6) is 0.305. The van der Waals surface area contributed by atoms with Gasteiger partial charge in [0.25, 0.3) is 21.6 Å². The first kappa shape index (κ1) is 47.2. The average molecular weight is 948 g/mol. The van der Waals surface area contributed by atoms with Crippen LogP contribution < -0.4 is 19.7 Å². The second-order valence-electron chi connectivity index (χ2n) is 20.4. The monoisotopic (exact) mass is 947 g/mol. The number of nitrogens with zero attached hydrogens (tertiary/aromatic N) is 4. The summed E-state index contributed by atoms with van der Waals surface area (Å²) >= 11 is 0. The minimum absolute atomic E-state index is 0.00296. The lowest BCUT2D eigenvalue weighted by atomic mass is 9.70. The summed E-state index contributed by atoms with van der Waals surface area (Å²) in [6.07, 6.45) is 9.74. The number of aliphatic hydroxyl groups is 1. The third kappa shape index (κ3) is 9.46. The van der Waals surface area contributed by atoms with Gasteiger partial charge in [0.1, 0.15) is 28.6 Å². The maximum Gasteiger partial charge on any atom is 0.293 e. The topological polar surface area (TPSA) is 183 Å². The van der Waals surface area contributed by atoms with E-state index in [2.05, 4.69) is 81.4 Å². The van der Waals surface area contributed by atoms with E-state index in [1.165, 1.54) is 60.5 Å². The summed E-state index contributed by atoms with van der Waals surface area (Å²) < 4.78 is 51.0. The van der Waals surface area contributed by atoms with Gasteiger partial charge in [0.15, 0.2) is 5.75 Å². The summed E-state index contributed by atoms with van der Waals surface area (Å²) in [5.41, 5.74) is 3.28. The number of nitrogens with one attached hydrogen (secondary N) is 3. The third-order valence-corrected chi connectivity index (χ3v) is 16.7. The molecule has 2 saturated carbocycles. The fourth-order valence-electron chi connectivity index (χ4n) is 11.4. The van der Waals surface area contributed by atoms with E-state index in [0.29, 0.717) is 43.2 Å². The van der Waals surface area contributed by atoms with Crippen molar-refractivity contribution >= 4 is 50.1 Å². The number of sulfonamides is 1. The highest BCUT2D eigenvalue weighted by Gasteiger charge is 2.51. The number of anilines is 2. The summed E-state index contributed by atoms with van der Waals surface area (Å²) in [5, 5.41) is 25.8. The smallest absolute Gasteiger partial charge is 0.293 e. The van der Waals surface area contributed by atoms with Crippen LogP contribution in [0.3, 0.4) is 0 Å². The van der Waals surface area contributed by atoms with Crippen molar-refractivity contribution in [3.05, 3.63) is 118 Å². The van der Waals surface area contributed by atoms with Gasteiger partial charge in [-0.15, -0.1) is 0 Å². The Morgan fingerprint density at radius 1 is 1.04 bits per heavy atom. The number of nitro benzene ring substituents is 1. The number of carbonyl (C=O) groups excluding carboxylic acids is 1. The highest BCUT2D eigenvalue weighted by molar-refractivity contribution is 7.90. The van der Waals surface area contributed by atoms with Crippen molar-refractivity contribution < 1.29 is 32.4 Å². The fraction of sp³-hybridized carbons (Fsp3) is 0.462. The highest BCUT2D eigenvalue weighted by Crippen LogP contribution is 2.51. The van der Waals surface area contributed by atoms with Crippen LogP contribution in [0.2, 0.25) is 0 Å². The molecule has 360 valence electrons. The molecular weight excluding hydrogens is 886 g/mol. The first-order chi connectivity index (χ1) is 32.4. The molecule has 16 heteroatoms. The number of pyridine rings is 1. The Labute approximate surface area is 397 Å². The zero-order valence-corrected chi connectivity index (χ0v) is 40.1. The lowest BCUT2D eigenvalue weighted by Gasteiger charge is -2.58. The van der Waals surface area contributed by atoms with Gasteiger partial charge in [-0.1, -0.05) is 51.6 Å². The normalized spacial score (nSPS) is 24.0. The van der Waals surface area contributed by atoms with E-state index in [4.69, 9.17) is 4.74 Å². The molecule has 0 unspecified atom stereocenters. The number of carbonyl (C=O) groups is 1. The number of benzene rings is 3. The van der Waals surface area contributed by atoms with Crippen molar-refractivity contribution in [2.45, 2.75) is 107 Å². The standard InChI is InChI=1S/C52H62FN7O7S/c1-6-43-47(27-41-42(53)29-55-49(41)56-43)67-46-25-35(58-23-21-52(22-24-58)30-59(31-52)48-33(4)11-14-39(48)38-10-8-7-9-37(38)32(2)3)12-15-40(46)50(61)57-68(65,66)36-13-16-44(45(26-36)60(63)64)54-28-34-17-19-51(5,62)20-18-34/h6-10,12-13,15-16,25-27,29,32-34,39,48,54,62H,1,11,14,17-24,28,30-31H2,2-5H3,(H,55,56)(H,57,61)/t33-,34-,39+,48+,51-/m1/s1. The molecule has 4 aliphatic rings. The summed E-state index contributed by atoms with van der Waals surface area (Å²) in [6.45, 7) is 16.7. The number of piperidine rings is 1. The predicted octanol–water partition coefficient (Wildman–Crippen LogP) is 10.1. The molecule has 2 aromatic heterocycles. The molecule has 5 aromatic rings. The quantitative estimate of drug-likeness (QED) is 0.0614. The molecule has 14 nitrogen and oxygen atoms in total. The maximum atomic E-state index is 14.8. The summed E-state index contributed by atoms with van der Waals surface area (Å²) in [7, 11) is -4.65. The molecule has 9 rings (SSSR count). The SMILES string of the molecule is C=Cc1nc2[nH]cc(F)c2cc1Oc1cc(N2CCC3(CC2)CN([C@H]2[C@H](C)CC[C@H]2c2ccccc2C(C)C)C3)ccc1C(=O)NS(=O)(=O)c1ccc(NC[C@H]2CC[C@](C)(O)CC2)c([N+](=O)[O-])c1. The average Bonchev–Trinajstić information content (AvgIpc) is 3.87. The number of H-pyrrole nitrogens is 1. The van der Waals surface area contributed by atoms with E-state index in [1.807, 2.05) is 0 Å². The lowest BCUT2D eigenvalue weighted by Crippen LogP contribution is -2.64. The lowest BCUT2D eigenvalue weighted by molar-refractivity contribution is -0.384. The van der Waals surface area contributed by atoms with Gasteiger partial charge in [-0.25, -0.2) is 22.5 Å². The van der Waals surface area contributed by atoms with Crippen LogP contribution in [0.1, 0.15) is 118 Å².